The van der Waals surface area contributed by atoms with Gasteiger partial charge in [0.05, 0.1) is 6.54 Å². The largest absolute Gasteiger partial charge is 0.303 e. The smallest absolute Gasteiger partial charge is 0.222 e. The molecule has 0 amide bonds. The molecule has 54 valence electrons. The highest BCUT2D eigenvalue weighted by Gasteiger charge is 2.12. The second kappa shape index (κ2) is 3.40. The maximum atomic E-state index is 10.0. The molecule has 0 unspecified atom stereocenters. The molecule has 4 heteroatoms. The van der Waals surface area contributed by atoms with E-state index in [1.165, 1.54) is 0 Å². The van der Waals surface area contributed by atoms with Crippen molar-refractivity contribution in [3.8, 4) is 0 Å². The van der Waals surface area contributed by atoms with E-state index in [1.54, 1.807) is 11.8 Å². The molecule has 0 radical (unpaired) electrons. The summed E-state index contributed by atoms with van der Waals surface area (Å²) in [5.74, 6) is 0. The Kier molecular flexibility index (Phi) is 3.16. The van der Waals surface area contributed by atoms with E-state index in [1.807, 2.05) is 14.1 Å². The first-order valence-corrected chi connectivity index (χ1v) is 2.82. The Labute approximate surface area is 54.6 Å². The predicted molar refractivity (Wildman–Crippen MR) is 35.0 cm³/mol. The molecular formula is C5H12N2O2. The van der Waals surface area contributed by atoms with Crippen molar-refractivity contribution in [1.82, 2.24) is 4.90 Å². The molecule has 0 aromatic carbocycles. The fraction of sp³-hybridized carbons (Fsp3) is 1.00. The number of hydrogen-bond donors (Lipinski definition) is 0. The van der Waals surface area contributed by atoms with Gasteiger partial charge in [-0.3, -0.25) is 10.1 Å². The van der Waals surface area contributed by atoms with Crippen LogP contribution in [0.5, 0.6) is 0 Å². The van der Waals surface area contributed by atoms with E-state index in [2.05, 4.69) is 0 Å². The van der Waals surface area contributed by atoms with Crippen LogP contribution in [0.3, 0.4) is 0 Å². The Bertz CT molecular complexity index is 103. The molecule has 0 aliphatic carbocycles. The Balaban J connectivity index is 3.50. The molecule has 0 saturated heterocycles. The number of nitro groups is 1. The van der Waals surface area contributed by atoms with Crippen molar-refractivity contribution in [3.63, 3.8) is 0 Å². The summed E-state index contributed by atoms with van der Waals surface area (Å²) >= 11 is 0. The van der Waals surface area contributed by atoms with Crippen LogP contribution in [0.15, 0.2) is 0 Å². The molecule has 0 rings (SSSR count). The fourth-order valence-corrected chi connectivity index (χ4v) is 0.595. The van der Waals surface area contributed by atoms with E-state index in [9.17, 15) is 10.1 Å². The van der Waals surface area contributed by atoms with Crippen LogP contribution in [0, 0.1) is 10.1 Å². The third-order valence-corrected chi connectivity index (χ3v) is 0.989. The summed E-state index contributed by atoms with van der Waals surface area (Å²) < 4.78 is 0. The molecule has 0 aliphatic heterocycles. The summed E-state index contributed by atoms with van der Waals surface area (Å²) in [6.07, 6.45) is 0. The van der Waals surface area contributed by atoms with Crippen molar-refractivity contribution in [2.45, 2.75) is 13.0 Å². The van der Waals surface area contributed by atoms with Crippen LogP contribution < -0.4 is 0 Å². The van der Waals surface area contributed by atoms with Gasteiger partial charge in [-0.1, -0.05) is 0 Å². The van der Waals surface area contributed by atoms with Gasteiger partial charge in [-0.2, -0.15) is 0 Å². The SMILES string of the molecule is C[C@H](CN(C)C)[N+](=O)[O-]. The lowest BCUT2D eigenvalue weighted by molar-refractivity contribution is -0.518. The summed E-state index contributed by atoms with van der Waals surface area (Å²) in [6.45, 7) is 2.10. The molecule has 4 nitrogen and oxygen atoms in total. The van der Waals surface area contributed by atoms with Crippen LogP contribution >= 0.6 is 0 Å². The summed E-state index contributed by atoms with van der Waals surface area (Å²) in [6, 6.07) is -0.458. The third-order valence-electron chi connectivity index (χ3n) is 0.989. The molecule has 0 aromatic heterocycles. The van der Waals surface area contributed by atoms with Gasteiger partial charge in [-0.25, -0.2) is 0 Å². The van der Waals surface area contributed by atoms with Gasteiger partial charge in [0.25, 0.3) is 0 Å². The summed E-state index contributed by atoms with van der Waals surface area (Å²) in [7, 11) is 3.64. The summed E-state index contributed by atoms with van der Waals surface area (Å²) in [5, 5.41) is 10.0. The highest BCUT2D eigenvalue weighted by molar-refractivity contribution is 4.50. The number of likely N-dealkylation sites (N-methyl/N-ethyl adjacent to an activating group) is 1. The topological polar surface area (TPSA) is 46.4 Å². The minimum atomic E-state index is -0.458. The Morgan fingerprint density at radius 1 is 1.67 bits per heavy atom. The van der Waals surface area contributed by atoms with Gasteiger partial charge in [-0.15, -0.1) is 0 Å². The fourth-order valence-electron chi connectivity index (χ4n) is 0.595. The van der Waals surface area contributed by atoms with Crippen molar-refractivity contribution >= 4 is 0 Å². The zero-order valence-corrected chi connectivity index (χ0v) is 6.00. The Hall–Kier alpha value is -0.640. The lowest BCUT2D eigenvalue weighted by Crippen LogP contribution is -2.29. The number of rotatable bonds is 3. The Morgan fingerprint density at radius 3 is 2.22 bits per heavy atom. The van der Waals surface area contributed by atoms with Gasteiger partial charge in [0, 0.05) is 11.8 Å². The highest BCUT2D eigenvalue weighted by Crippen LogP contribution is 1.88. The minimum absolute atomic E-state index is 0.278. The summed E-state index contributed by atoms with van der Waals surface area (Å²) in [5.41, 5.74) is 0. The first kappa shape index (κ1) is 8.36. The van der Waals surface area contributed by atoms with Gasteiger partial charge < -0.3 is 4.90 Å². The maximum Gasteiger partial charge on any atom is 0.222 e. The van der Waals surface area contributed by atoms with Gasteiger partial charge in [0.2, 0.25) is 6.04 Å². The van der Waals surface area contributed by atoms with Gasteiger partial charge >= 0.3 is 0 Å². The minimum Gasteiger partial charge on any atom is -0.303 e. The normalized spacial score (nSPS) is 13.8. The molecule has 9 heavy (non-hydrogen) atoms. The lowest BCUT2D eigenvalue weighted by atomic mass is 10.3. The van der Waals surface area contributed by atoms with Crippen LogP contribution in [0.4, 0.5) is 0 Å². The van der Waals surface area contributed by atoms with E-state index in [0.29, 0.717) is 6.54 Å². The number of hydrogen-bond acceptors (Lipinski definition) is 3. The number of nitrogens with zero attached hydrogens (tertiary/aromatic N) is 2. The van der Waals surface area contributed by atoms with Gasteiger partial charge in [-0.05, 0) is 14.1 Å². The van der Waals surface area contributed by atoms with E-state index in [4.69, 9.17) is 0 Å². The average Bonchev–Trinajstić information content (AvgIpc) is 1.63. The molecule has 0 aliphatic rings. The van der Waals surface area contributed by atoms with Crippen molar-refractivity contribution in [3.05, 3.63) is 10.1 Å². The van der Waals surface area contributed by atoms with Crippen molar-refractivity contribution < 1.29 is 4.92 Å². The molecule has 0 spiro atoms. The molecular weight excluding hydrogens is 120 g/mol. The first-order chi connectivity index (χ1) is 4.04. The zero-order valence-electron chi connectivity index (χ0n) is 6.00. The van der Waals surface area contributed by atoms with Gasteiger partial charge in [0.1, 0.15) is 0 Å². The second-order valence-electron chi connectivity index (χ2n) is 2.40. The van der Waals surface area contributed by atoms with Crippen LogP contribution in [-0.4, -0.2) is 36.5 Å². The van der Waals surface area contributed by atoms with Crippen LogP contribution in [-0.2, 0) is 0 Å². The standard InChI is InChI=1S/C5H12N2O2/c1-5(7(8)9)4-6(2)3/h5H,4H2,1-3H3/t5-/m1/s1. The summed E-state index contributed by atoms with van der Waals surface area (Å²) in [4.78, 5) is 11.5. The Morgan fingerprint density at radius 2 is 2.11 bits per heavy atom. The zero-order chi connectivity index (χ0) is 7.44. The van der Waals surface area contributed by atoms with Crippen molar-refractivity contribution in [2.24, 2.45) is 0 Å². The van der Waals surface area contributed by atoms with Crippen LogP contribution in [0.1, 0.15) is 6.92 Å². The molecule has 0 heterocycles. The second-order valence-corrected chi connectivity index (χ2v) is 2.40. The van der Waals surface area contributed by atoms with E-state index in [0.717, 1.165) is 0 Å². The monoisotopic (exact) mass is 132 g/mol. The maximum absolute atomic E-state index is 10.0. The molecule has 0 N–H and O–H groups in total. The predicted octanol–water partition coefficient (Wildman–Crippen LogP) is 0.213. The van der Waals surface area contributed by atoms with E-state index < -0.39 is 6.04 Å². The third kappa shape index (κ3) is 3.90. The van der Waals surface area contributed by atoms with Crippen molar-refractivity contribution in [1.29, 1.82) is 0 Å². The molecule has 0 fully saturated rings. The molecule has 0 bridgehead atoms. The van der Waals surface area contributed by atoms with E-state index >= 15 is 0 Å². The molecule has 0 aromatic rings. The average molecular weight is 132 g/mol. The first-order valence-electron chi connectivity index (χ1n) is 2.82. The molecule has 1 atom stereocenters. The molecule has 0 saturated carbocycles. The van der Waals surface area contributed by atoms with Crippen LogP contribution in [0.25, 0.3) is 0 Å². The quantitative estimate of drug-likeness (QED) is 0.407. The highest BCUT2D eigenvalue weighted by atomic mass is 16.6. The van der Waals surface area contributed by atoms with Gasteiger partial charge in [0.15, 0.2) is 0 Å². The van der Waals surface area contributed by atoms with Crippen LogP contribution in [0.2, 0.25) is 0 Å². The van der Waals surface area contributed by atoms with Crippen molar-refractivity contribution in [2.75, 3.05) is 20.6 Å². The lowest BCUT2D eigenvalue weighted by Gasteiger charge is -2.09. The van der Waals surface area contributed by atoms with E-state index in [-0.39, 0.29) is 4.92 Å².